The van der Waals surface area contributed by atoms with Crippen molar-refractivity contribution in [3.63, 3.8) is 0 Å². The van der Waals surface area contributed by atoms with Crippen LogP contribution in [-0.4, -0.2) is 53.7 Å². The van der Waals surface area contributed by atoms with Gasteiger partial charge >= 0.3 is 11.9 Å². The van der Waals surface area contributed by atoms with Crippen LogP contribution in [0, 0.1) is 0 Å². The summed E-state index contributed by atoms with van der Waals surface area (Å²) in [6.45, 7) is 1.77. The number of methoxy groups -OCH3 is 1. The number of ether oxygens (including phenoxy) is 2. The number of phenolic OH excluding ortho intramolecular Hbond substituents is 1. The normalized spacial score (nSPS) is 11.6. The summed E-state index contributed by atoms with van der Waals surface area (Å²) in [6, 6.07) is 6.24. The number of unbranched alkanes of at least 4 members (excludes halogenated alkanes) is 11. The van der Waals surface area contributed by atoms with Gasteiger partial charge in [0.15, 0.2) is 0 Å². The molecule has 0 aromatic heterocycles. The van der Waals surface area contributed by atoms with Gasteiger partial charge in [-0.1, -0.05) is 82.6 Å². The number of aliphatic hydroxyl groups is 2. The van der Waals surface area contributed by atoms with Crippen LogP contribution in [0.15, 0.2) is 36.4 Å². The number of rotatable bonds is 19. The van der Waals surface area contributed by atoms with Crippen LogP contribution in [0.5, 0.6) is 5.75 Å². The van der Waals surface area contributed by atoms with Crippen LogP contribution in [-0.2, 0) is 14.3 Å². The van der Waals surface area contributed by atoms with E-state index in [1.54, 1.807) is 12.1 Å². The lowest BCUT2D eigenvalue weighted by molar-refractivity contribution is -0.147. The molecule has 0 amide bonds. The van der Waals surface area contributed by atoms with Gasteiger partial charge in [-0.3, -0.25) is 4.79 Å². The molecule has 36 heavy (non-hydrogen) atoms. The number of carbonyl (C=O) groups excluding carboxylic acids is 2. The molecular formula is C29H48O7. The van der Waals surface area contributed by atoms with Gasteiger partial charge in [0.2, 0.25) is 0 Å². The van der Waals surface area contributed by atoms with Crippen molar-refractivity contribution in [1.29, 1.82) is 0 Å². The van der Waals surface area contributed by atoms with Crippen molar-refractivity contribution in [2.75, 3.05) is 20.3 Å². The Morgan fingerprint density at radius 3 is 2.00 bits per heavy atom. The van der Waals surface area contributed by atoms with Gasteiger partial charge < -0.3 is 24.8 Å². The first-order valence-electron chi connectivity index (χ1n) is 13.4. The number of aliphatic hydroxyl groups excluding tert-OH is 2. The topological polar surface area (TPSA) is 113 Å². The second-order valence-electron chi connectivity index (χ2n) is 8.86. The molecule has 0 spiro atoms. The Morgan fingerprint density at radius 1 is 0.889 bits per heavy atom. The summed E-state index contributed by atoms with van der Waals surface area (Å²) in [4.78, 5) is 22.2. The van der Waals surface area contributed by atoms with Crippen LogP contribution in [0.4, 0.5) is 0 Å². The predicted molar refractivity (Wildman–Crippen MR) is 143 cm³/mol. The van der Waals surface area contributed by atoms with Gasteiger partial charge in [-0.15, -0.1) is 0 Å². The van der Waals surface area contributed by atoms with Gasteiger partial charge in [-0.25, -0.2) is 4.79 Å². The molecule has 0 bridgehead atoms. The fourth-order valence-corrected chi connectivity index (χ4v) is 3.41. The first-order valence-corrected chi connectivity index (χ1v) is 13.4. The smallest absolute Gasteiger partial charge is 0.341 e. The molecule has 3 N–H and O–H groups in total. The number of hydrogen-bond acceptors (Lipinski definition) is 7. The molecule has 7 nitrogen and oxygen atoms in total. The van der Waals surface area contributed by atoms with E-state index in [1.165, 1.54) is 77.0 Å². The summed E-state index contributed by atoms with van der Waals surface area (Å²) in [5.41, 5.74) is 0.190. The fraction of sp³-hybridized carbons (Fsp3) is 0.655. The summed E-state index contributed by atoms with van der Waals surface area (Å²) in [7, 11) is 1.27. The van der Waals surface area contributed by atoms with E-state index >= 15 is 0 Å². The number of benzene rings is 1. The van der Waals surface area contributed by atoms with E-state index in [2.05, 4.69) is 23.8 Å². The minimum absolute atomic E-state index is 0.0562. The number of hydrogen-bond donors (Lipinski definition) is 3. The minimum Gasteiger partial charge on any atom is -0.507 e. The number of esters is 2. The average Bonchev–Trinajstić information content (AvgIpc) is 2.89. The van der Waals surface area contributed by atoms with Gasteiger partial charge in [-0.2, -0.15) is 0 Å². The van der Waals surface area contributed by atoms with Crippen LogP contribution in [0.1, 0.15) is 107 Å². The van der Waals surface area contributed by atoms with Crippen LogP contribution >= 0.6 is 0 Å². The van der Waals surface area contributed by atoms with Gasteiger partial charge in [0.05, 0.1) is 13.7 Å². The molecule has 1 aromatic rings. The Bertz CT molecular complexity index is 703. The van der Waals surface area contributed by atoms with E-state index in [0.29, 0.717) is 6.42 Å². The molecule has 1 rings (SSSR count). The maximum absolute atomic E-state index is 11.4. The van der Waals surface area contributed by atoms with Crippen LogP contribution in [0.3, 0.4) is 0 Å². The molecule has 0 saturated heterocycles. The van der Waals surface area contributed by atoms with Crippen LogP contribution in [0.2, 0.25) is 0 Å². The third-order valence-corrected chi connectivity index (χ3v) is 5.60. The molecule has 0 radical (unpaired) electrons. The molecule has 1 unspecified atom stereocenters. The highest BCUT2D eigenvalue weighted by molar-refractivity contribution is 5.92. The quantitative estimate of drug-likeness (QED) is 0.118. The Kier molecular flexibility index (Phi) is 22.7. The highest BCUT2D eigenvalue weighted by Crippen LogP contribution is 2.15. The summed E-state index contributed by atoms with van der Waals surface area (Å²) in [5, 5.41) is 26.8. The average molecular weight is 509 g/mol. The molecule has 0 aliphatic carbocycles. The Morgan fingerprint density at radius 2 is 1.44 bits per heavy atom. The molecule has 1 atom stereocenters. The standard InChI is InChI=1S/C21H40O4.C8H8O3/c1-2-3-4-5-6-7-8-9-10-11-12-13-14-15-16-17-21(24)25-19-20(23)18-22;1-11-8(10)6-4-2-3-5-7(6)9/h9-10,20,22-23H,2-8,11-19H2,1H3;2-5,9H,1H3/b10-9-;. The first-order chi connectivity index (χ1) is 17.5. The molecular weight excluding hydrogens is 460 g/mol. The van der Waals surface area contributed by atoms with Crippen molar-refractivity contribution in [2.24, 2.45) is 0 Å². The monoisotopic (exact) mass is 508 g/mol. The molecule has 1 aromatic carbocycles. The third kappa shape index (κ3) is 19.9. The molecule has 0 aliphatic rings. The lowest BCUT2D eigenvalue weighted by atomic mass is 10.1. The molecule has 0 aliphatic heterocycles. The van der Waals surface area contributed by atoms with E-state index < -0.39 is 12.1 Å². The van der Waals surface area contributed by atoms with E-state index in [1.807, 2.05) is 0 Å². The van der Waals surface area contributed by atoms with E-state index in [-0.39, 0.29) is 30.5 Å². The molecule has 0 saturated carbocycles. The van der Waals surface area contributed by atoms with Crippen molar-refractivity contribution in [3.8, 4) is 5.75 Å². The zero-order valence-electron chi connectivity index (χ0n) is 22.3. The highest BCUT2D eigenvalue weighted by atomic mass is 16.5. The van der Waals surface area contributed by atoms with E-state index in [9.17, 15) is 9.59 Å². The number of allylic oxidation sites excluding steroid dienone is 2. The van der Waals surface area contributed by atoms with Crippen molar-refractivity contribution in [3.05, 3.63) is 42.0 Å². The molecule has 0 heterocycles. The maximum atomic E-state index is 11.4. The number of phenols is 1. The number of carbonyl (C=O) groups is 2. The summed E-state index contributed by atoms with van der Waals surface area (Å²) in [5.74, 6) is -0.868. The van der Waals surface area contributed by atoms with E-state index in [4.69, 9.17) is 20.1 Å². The number of aromatic hydroxyl groups is 1. The highest BCUT2D eigenvalue weighted by Gasteiger charge is 2.09. The predicted octanol–water partition coefficient (Wildman–Crippen LogP) is 6.10. The largest absolute Gasteiger partial charge is 0.507 e. The zero-order valence-corrected chi connectivity index (χ0v) is 22.3. The zero-order chi connectivity index (χ0) is 26.9. The Hall–Kier alpha value is -2.38. The van der Waals surface area contributed by atoms with Gasteiger partial charge in [0, 0.05) is 6.42 Å². The lowest BCUT2D eigenvalue weighted by Gasteiger charge is -2.08. The molecule has 206 valence electrons. The second kappa shape index (κ2) is 24.3. The van der Waals surface area contributed by atoms with Crippen molar-refractivity contribution in [1.82, 2.24) is 0 Å². The fourth-order valence-electron chi connectivity index (χ4n) is 3.41. The van der Waals surface area contributed by atoms with Gasteiger partial charge in [0.25, 0.3) is 0 Å². The minimum atomic E-state index is -0.960. The van der Waals surface area contributed by atoms with Gasteiger partial charge in [-0.05, 0) is 44.2 Å². The maximum Gasteiger partial charge on any atom is 0.341 e. The first kappa shape index (κ1) is 33.6. The van der Waals surface area contributed by atoms with Crippen molar-refractivity contribution >= 4 is 11.9 Å². The molecule has 7 heteroatoms. The Labute approximate surface area is 217 Å². The summed E-state index contributed by atoms with van der Waals surface area (Å²) < 4.78 is 9.27. The van der Waals surface area contributed by atoms with Crippen molar-refractivity contribution < 1.29 is 34.4 Å². The van der Waals surface area contributed by atoms with Crippen molar-refractivity contribution in [2.45, 2.75) is 103 Å². The molecule has 0 fully saturated rings. The van der Waals surface area contributed by atoms with Crippen LogP contribution in [0.25, 0.3) is 0 Å². The third-order valence-electron chi connectivity index (χ3n) is 5.60. The van der Waals surface area contributed by atoms with Crippen LogP contribution < -0.4 is 0 Å². The summed E-state index contributed by atoms with van der Waals surface area (Å²) in [6.07, 6.45) is 20.1. The number of para-hydroxylation sites is 1. The lowest BCUT2D eigenvalue weighted by Crippen LogP contribution is -2.21. The Balaban J connectivity index is 0.000000918. The summed E-state index contributed by atoms with van der Waals surface area (Å²) >= 11 is 0. The second-order valence-corrected chi connectivity index (χ2v) is 8.86. The van der Waals surface area contributed by atoms with Gasteiger partial charge in [0.1, 0.15) is 24.0 Å². The van der Waals surface area contributed by atoms with E-state index in [0.717, 1.165) is 25.7 Å². The SMILES string of the molecule is CCCCCCCC/C=C\CCCCCCCC(=O)OCC(O)CO.COC(=O)c1ccccc1O.